The van der Waals surface area contributed by atoms with E-state index in [-0.39, 0.29) is 5.97 Å². The minimum atomic E-state index is -0.343. The summed E-state index contributed by atoms with van der Waals surface area (Å²) in [4.78, 5) is 11.4. The summed E-state index contributed by atoms with van der Waals surface area (Å²) in [5.41, 5.74) is 2.69. The third-order valence-electron chi connectivity index (χ3n) is 2.62. The van der Waals surface area contributed by atoms with Crippen LogP contribution >= 0.6 is 0 Å². The number of nitrogens with one attached hydrogen (secondary N) is 1. The third kappa shape index (κ3) is 4.24. The van der Waals surface area contributed by atoms with Crippen molar-refractivity contribution in [3.8, 4) is 0 Å². The lowest BCUT2D eigenvalue weighted by molar-refractivity contribution is -0.138. The van der Waals surface area contributed by atoms with Crippen molar-refractivity contribution in [1.82, 2.24) is 0 Å². The molecule has 18 heavy (non-hydrogen) atoms. The molecule has 0 saturated carbocycles. The Morgan fingerprint density at radius 3 is 2.78 bits per heavy atom. The van der Waals surface area contributed by atoms with Gasteiger partial charge in [-0.2, -0.15) is 0 Å². The van der Waals surface area contributed by atoms with Crippen LogP contribution in [-0.2, 0) is 9.53 Å². The van der Waals surface area contributed by atoms with E-state index in [1.54, 1.807) is 6.92 Å². The Bertz CT molecular complexity index is 424. The van der Waals surface area contributed by atoms with Crippen LogP contribution in [0.2, 0.25) is 0 Å². The quantitative estimate of drug-likeness (QED) is 0.619. The fourth-order valence-corrected chi connectivity index (χ4v) is 1.52. The number of rotatable bonds is 6. The summed E-state index contributed by atoms with van der Waals surface area (Å²) in [6.07, 6.45) is 0. The highest BCUT2D eigenvalue weighted by Gasteiger charge is 2.07. The van der Waals surface area contributed by atoms with E-state index in [0.717, 1.165) is 5.69 Å². The molecule has 0 aromatic heterocycles. The number of hydrogen-bond donors (Lipinski definition) is 1. The molecule has 3 heteroatoms. The molecule has 0 aliphatic heterocycles. The highest BCUT2D eigenvalue weighted by atomic mass is 16.5. The third-order valence-corrected chi connectivity index (χ3v) is 2.62. The summed E-state index contributed by atoms with van der Waals surface area (Å²) in [7, 11) is 0. The van der Waals surface area contributed by atoms with E-state index in [4.69, 9.17) is 4.74 Å². The molecular weight excluding hydrogens is 226 g/mol. The van der Waals surface area contributed by atoms with E-state index in [0.29, 0.717) is 24.6 Å². The number of carbonyl (C=O) groups excluding carboxylic acids is 1. The smallest absolute Gasteiger partial charge is 0.335 e. The monoisotopic (exact) mass is 247 g/mol. The number of esters is 1. The summed E-state index contributed by atoms with van der Waals surface area (Å²) >= 11 is 0. The lowest BCUT2D eigenvalue weighted by atomic mass is 10.0. The van der Waals surface area contributed by atoms with Crippen LogP contribution in [0.3, 0.4) is 0 Å². The Kier molecular flexibility index (Phi) is 5.43. The number of carbonyl (C=O) groups is 1. The number of anilines is 1. The first-order valence-electron chi connectivity index (χ1n) is 6.23. The first kappa shape index (κ1) is 14.3. The zero-order valence-corrected chi connectivity index (χ0v) is 11.3. The van der Waals surface area contributed by atoms with Crippen LogP contribution in [0.15, 0.2) is 36.4 Å². The van der Waals surface area contributed by atoms with Crippen molar-refractivity contribution in [3.63, 3.8) is 0 Å². The van der Waals surface area contributed by atoms with Gasteiger partial charge in [0.05, 0.1) is 6.61 Å². The van der Waals surface area contributed by atoms with Crippen LogP contribution in [0.25, 0.3) is 0 Å². The van der Waals surface area contributed by atoms with E-state index in [2.05, 4.69) is 37.9 Å². The van der Waals surface area contributed by atoms with E-state index < -0.39 is 0 Å². The minimum Gasteiger partial charge on any atom is -0.463 e. The first-order chi connectivity index (χ1) is 8.54. The Labute approximate surface area is 109 Å². The Morgan fingerprint density at radius 2 is 2.17 bits per heavy atom. The van der Waals surface area contributed by atoms with Crippen molar-refractivity contribution in [1.29, 1.82) is 0 Å². The fraction of sp³-hybridized carbons (Fsp3) is 0.400. The lowest BCUT2D eigenvalue weighted by Crippen LogP contribution is -2.14. The van der Waals surface area contributed by atoms with Gasteiger partial charge in [0.25, 0.3) is 0 Å². The van der Waals surface area contributed by atoms with Gasteiger partial charge in [0.15, 0.2) is 0 Å². The second-order valence-electron chi connectivity index (χ2n) is 4.46. The zero-order valence-electron chi connectivity index (χ0n) is 11.3. The summed E-state index contributed by atoms with van der Waals surface area (Å²) < 4.78 is 4.88. The Morgan fingerprint density at radius 1 is 1.44 bits per heavy atom. The number of hydrogen-bond acceptors (Lipinski definition) is 3. The molecule has 1 aromatic rings. The number of benzene rings is 1. The van der Waals surface area contributed by atoms with Gasteiger partial charge in [-0.3, -0.25) is 0 Å². The van der Waals surface area contributed by atoms with Crippen molar-refractivity contribution >= 4 is 11.7 Å². The second-order valence-corrected chi connectivity index (χ2v) is 4.46. The van der Waals surface area contributed by atoms with Crippen LogP contribution in [-0.4, -0.2) is 19.1 Å². The molecule has 0 bridgehead atoms. The average Bonchev–Trinajstić information content (AvgIpc) is 2.36. The molecule has 0 heterocycles. The molecule has 0 fully saturated rings. The van der Waals surface area contributed by atoms with Gasteiger partial charge >= 0.3 is 5.97 Å². The molecule has 3 nitrogen and oxygen atoms in total. The van der Waals surface area contributed by atoms with Gasteiger partial charge in [0, 0.05) is 17.8 Å². The molecule has 1 N–H and O–H groups in total. The Balaban J connectivity index is 2.56. The molecule has 0 unspecified atom stereocenters. The average molecular weight is 247 g/mol. The maximum Gasteiger partial charge on any atom is 0.335 e. The molecule has 0 amide bonds. The number of ether oxygens (including phenoxy) is 1. The predicted molar refractivity (Wildman–Crippen MR) is 74.8 cm³/mol. The zero-order chi connectivity index (χ0) is 13.5. The van der Waals surface area contributed by atoms with Gasteiger partial charge in [0.1, 0.15) is 0 Å². The topological polar surface area (TPSA) is 38.3 Å². The molecule has 0 radical (unpaired) electrons. The normalized spacial score (nSPS) is 10.2. The highest BCUT2D eigenvalue weighted by Crippen LogP contribution is 2.18. The largest absolute Gasteiger partial charge is 0.463 e. The SMILES string of the molecule is C=C(CNc1cccc(C(C)C)c1)C(=O)OCC. The lowest BCUT2D eigenvalue weighted by Gasteiger charge is -2.11. The maximum absolute atomic E-state index is 11.4. The van der Waals surface area contributed by atoms with Gasteiger partial charge < -0.3 is 10.1 Å². The summed E-state index contributed by atoms with van der Waals surface area (Å²) in [6.45, 7) is 10.6. The molecule has 1 aromatic carbocycles. The van der Waals surface area contributed by atoms with Crippen LogP contribution in [0.1, 0.15) is 32.3 Å². The van der Waals surface area contributed by atoms with Gasteiger partial charge in [0.2, 0.25) is 0 Å². The summed E-state index contributed by atoms with van der Waals surface area (Å²) in [6, 6.07) is 8.16. The van der Waals surface area contributed by atoms with E-state index in [1.165, 1.54) is 5.56 Å². The standard InChI is InChI=1S/C15H21NO2/c1-5-18-15(17)12(4)10-16-14-8-6-7-13(9-14)11(2)3/h6-9,11,16H,4-5,10H2,1-3H3. The molecule has 0 aliphatic carbocycles. The van der Waals surface area contributed by atoms with Crippen LogP contribution in [0.4, 0.5) is 5.69 Å². The predicted octanol–water partition coefficient (Wildman–Crippen LogP) is 3.34. The van der Waals surface area contributed by atoms with Crippen LogP contribution in [0.5, 0.6) is 0 Å². The molecule has 98 valence electrons. The van der Waals surface area contributed by atoms with Crippen molar-refractivity contribution in [2.45, 2.75) is 26.7 Å². The van der Waals surface area contributed by atoms with E-state index in [1.807, 2.05) is 12.1 Å². The van der Waals surface area contributed by atoms with Gasteiger partial charge in [-0.1, -0.05) is 32.6 Å². The van der Waals surface area contributed by atoms with Crippen molar-refractivity contribution in [2.75, 3.05) is 18.5 Å². The van der Waals surface area contributed by atoms with Crippen LogP contribution < -0.4 is 5.32 Å². The minimum absolute atomic E-state index is 0.343. The van der Waals surface area contributed by atoms with Crippen LogP contribution in [0, 0.1) is 0 Å². The molecule has 0 saturated heterocycles. The molecular formula is C15H21NO2. The molecule has 0 spiro atoms. The maximum atomic E-state index is 11.4. The van der Waals surface area contributed by atoms with Gasteiger partial charge in [-0.15, -0.1) is 0 Å². The highest BCUT2D eigenvalue weighted by molar-refractivity contribution is 5.88. The Hall–Kier alpha value is -1.77. The summed E-state index contributed by atoms with van der Waals surface area (Å²) in [5, 5.41) is 3.18. The molecule has 0 atom stereocenters. The molecule has 0 aliphatic rings. The van der Waals surface area contributed by atoms with Crippen molar-refractivity contribution < 1.29 is 9.53 Å². The van der Waals surface area contributed by atoms with Crippen molar-refractivity contribution in [3.05, 3.63) is 42.0 Å². The van der Waals surface area contributed by atoms with E-state index >= 15 is 0 Å². The van der Waals surface area contributed by atoms with Crippen molar-refractivity contribution in [2.24, 2.45) is 0 Å². The first-order valence-corrected chi connectivity index (χ1v) is 6.23. The van der Waals surface area contributed by atoms with E-state index in [9.17, 15) is 4.79 Å². The summed E-state index contributed by atoms with van der Waals surface area (Å²) in [5.74, 6) is 0.144. The van der Waals surface area contributed by atoms with Gasteiger partial charge in [-0.05, 0) is 30.5 Å². The molecule has 1 rings (SSSR count). The fourth-order valence-electron chi connectivity index (χ4n) is 1.52. The van der Waals surface area contributed by atoms with Gasteiger partial charge in [-0.25, -0.2) is 4.79 Å². The second kappa shape index (κ2) is 6.84.